The fourth-order valence-corrected chi connectivity index (χ4v) is 3.22. The van der Waals surface area contributed by atoms with Crippen molar-refractivity contribution in [1.29, 1.82) is 0 Å². The number of aromatic nitrogens is 2. The zero-order valence-corrected chi connectivity index (χ0v) is 12.7. The zero-order chi connectivity index (χ0) is 15.5. The molecule has 0 aliphatic carbocycles. The van der Waals surface area contributed by atoms with Gasteiger partial charge in [0.05, 0.1) is 12.1 Å². The molecule has 2 atom stereocenters. The minimum Gasteiger partial charge on any atom is -0.481 e. The summed E-state index contributed by atoms with van der Waals surface area (Å²) in [4.78, 5) is 13.8. The van der Waals surface area contributed by atoms with Crippen LogP contribution >= 0.6 is 0 Å². The molecule has 5 heteroatoms. The first-order valence-corrected chi connectivity index (χ1v) is 7.68. The van der Waals surface area contributed by atoms with Gasteiger partial charge in [0.2, 0.25) is 0 Å². The smallest absolute Gasteiger partial charge is 0.308 e. The number of nitrogens with zero attached hydrogens (tertiary/aromatic N) is 3. The van der Waals surface area contributed by atoms with Gasteiger partial charge in [0.1, 0.15) is 0 Å². The molecule has 0 radical (unpaired) electrons. The zero-order valence-electron chi connectivity index (χ0n) is 12.7. The second-order valence-corrected chi connectivity index (χ2v) is 5.86. The lowest BCUT2D eigenvalue weighted by molar-refractivity contribution is -0.141. The second-order valence-electron chi connectivity index (χ2n) is 5.86. The van der Waals surface area contributed by atoms with E-state index in [1.54, 1.807) is 0 Å². The van der Waals surface area contributed by atoms with E-state index in [2.05, 4.69) is 16.9 Å². The van der Waals surface area contributed by atoms with Gasteiger partial charge in [-0.1, -0.05) is 30.3 Å². The summed E-state index contributed by atoms with van der Waals surface area (Å²) < 4.78 is 1.90. The third-order valence-electron chi connectivity index (χ3n) is 4.36. The van der Waals surface area contributed by atoms with Crippen LogP contribution in [0.1, 0.15) is 24.0 Å². The quantitative estimate of drug-likeness (QED) is 0.919. The van der Waals surface area contributed by atoms with Crippen LogP contribution in [0.4, 0.5) is 0 Å². The topological polar surface area (TPSA) is 58.4 Å². The van der Waals surface area contributed by atoms with Gasteiger partial charge in [0, 0.05) is 43.9 Å². The molecule has 0 amide bonds. The molecule has 0 saturated carbocycles. The van der Waals surface area contributed by atoms with Gasteiger partial charge in [-0.25, -0.2) is 0 Å². The Bertz CT molecular complexity index is 638. The molecule has 1 aliphatic heterocycles. The second kappa shape index (κ2) is 6.32. The first-order valence-electron chi connectivity index (χ1n) is 7.68. The number of carboxylic acids is 1. The van der Waals surface area contributed by atoms with Crippen molar-refractivity contribution < 1.29 is 9.90 Å². The highest BCUT2D eigenvalue weighted by Gasteiger charge is 2.38. The molecule has 2 aromatic rings. The van der Waals surface area contributed by atoms with Crippen LogP contribution < -0.4 is 0 Å². The fourth-order valence-electron chi connectivity index (χ4n) is 3.22. The van der Waals surface area contributed by atoms with Crippen molar-refractivity contribution in [3.63, 3.8) is 0 Å². The van der Waals surface area contributed by atoms with Gasteiger partial charge in [0.15, 0.2) is 0 Å². The van der Waals surface area contributed by atoms with Crippen molar-refractivity contribution in [2.45, 2.75) is 25.9 Å². The number of rotatable bonds is 5. The first kappa shape index (κ1) is 14.8. The Morgan fingerprint density at radius 2 is 2.09 bits per heavy atom. The van der Waals surface area contributed by atoms with E-state index in [4.69, 9.17) is 0 Å². The van der Waals surface area contributed by atoms with Crippen LogP contribution in [-0.2, 0) is 17.9 Å². The Morgan fingerprint density at radius 1 is 1.32 bits per heavy atom. The largest absolute Gasteiger partial charge is 0.481 e. The molecule has 1 aromatic heterocycles. The van der Waals surface area contributed by atoms with Crippen LogP contribution in [0.3, 0.4) is 0 Å². The standard InChI is InChI=1S/C17H21N3O2/c1-2-20-10-13(8-18-20)9-19-11-15(16(12-19)17(21)22)14-6-4-3-5-7-14/h3-8,10,15-16H,2,9,11-12H2,1H3,(H,21,22)/t15-,16+/m0/s1. The highest BCUT2D eigenvalue weighted by Crippen LogP contribution is 2.33. The predicted molar refractivity (Wildman–Crippen MR) is 83.5 cm³/mol. The van der Waals surface area contributed by atoms with Crippen molar-refractivity contribution in [2.75, 3.05) is 13.1 Å². The molecule has 1 aliphatic rings. The van der Waals surface area contributed by atoms with E-state index in [0.717, 1.165) is 30.8 Å². The normalized spacial score (nSPS) is 22.0. The Kier molecular flexibility index (Phi) is 4.24. The maximum absolute atomic E-state index is 11.6. The van der Waals surface area contributed by atoms with Crippen molar-refractivity contribution in [3.05, 3.63) is 53.9 Å². The van der Waals surface area contributed by atoms with E-state index in [1.807, 2.05) is 47.4 Å². The Hall–Kier alpha value is -2.14. The summed E-state index contributed by atoms with van der Waals surface area (Å²) in [5, 5.41) is 13.8. The lowest BCUT2D eigenvalue weighted by Gasteiger charge is -2.15. The van der Waals surface area contributed by atoms with Crippen LogP contribution in [-0.4, -0.2) is 38.8 Å². The van der Waals surface area contributed by atoms with E-state index >= 15 is 0 Å². The van der Waals surface area contributed by atoms with Crippen LogP contribution in [0.25, 0.3) is 0 Å². The van der Waals surface area contributed by atoms with Crippen LogP contribution in [0.5, 0.6) is 0 Å². The molecule has 1 fully saturated rings. The SMILES string of the molecule is CCn1cc(CN2C[C@@H](C(=O)O)[C@H](c3ccccc3)C2)cn1. The van der Waals surface area contributed by atoms with Gasteiger partial charge >= 0.3 is 5.97 Å². The van der Waals surface area contributed by atoms with Crippen LogP contribution in [0, 0.1) is 5.92 Å². The van der Waals surface area contributed by atoms with Crippen LogP contribution in [0.15, 0.2) is 42.7 Å². The third-order valence-corrected chi connectivity index (χ3v) is 4.36. The van der Waals surface area contributed by atoms with Gasteiger partial charge in [0.25, 0.3) is 0 Å². The molecule has 0 bridgehead atoms. The van der Waals surface area contributed by atoms with E-state index < -0.39 is 5.97 Å². The molecule has 2 heterocycles. The molecule has 0 unspecified atom stereocenters. The van der Waals surface area contributed by atoms with E-state index in [-0.39, 0.29) is 11.8 Å². The summed E-state index contributed by atoms with van der Waals surface area (Å²) >= 11 is 0. The summed E-state index contributed by atoms with van der Waals surface area (Å²) in [6.45, 7) is 5.03. The van der Waals surface area contributed by atoms with E-state index in [0.29, 0.717) is 6.54 Å². The molecule has 3 rings (SSSR count). The number of hydrogen-bond acceptors (Lipinski definition) is 3. The molecule has 5 nitrogen and oxygen atoms in total. The maximum Gasteiger partial charge on any atom is 0.308 e. The Balaban J connectivity index is 1.74. The summed E-state index contributed by atoms with van der Waals surface area (Å²) in [6, 6.07) is 9.97. The highest BCUT2D eigenvalue weighted by molar-refractivity contribution is 5.72. The number of likely N-dealkylation sites (tertiary alicyclic amines) is 1. The number of carboxylic acid groups (broad SMARTS) is 1. The Labute approximate surface area is 130 Å². The molecule has 116 valence electrons. The van der Waals surface area contributed by atoms with Gasteiger partial charge in [-0.3, -0.25) is 14.4 Å². The van der Waals surface area contributed by atoms with Crippen molar-refractivity contribution in [2.24, 2.45) is 5.92 Å². The number of benzene rings is 1. The maximum atomic E-state index is 11.6. The number of hydrogen-bond donors (Lipinski definition) is 1. The van der Waals surface area contributed by atoms with Gasteiger partial charge in [-0.05, 0) is 12.5 Å². The molecule has 1 aromatic carbocycles. The molecule has 0 spiro atoms. The highest BCUT2D eigenvalue weighted by atomic mass is 16.4. The molecule has 22 heavy (non-hydrogen) atoms. The summed E-state index contributed by atoms with van der Waals surface area (Å²) in [5.74, 6) is -0.996. The van der Waals surface area contributed by atoms with Gasteiger partial charge in [-0.15, -0.1) is 0 Å². The van der Waals surface area contributed by atoms with Crippen molar-refractivity contribution >= 4 is 5.97 Å². The average molecular weight is 299 g/mol. The third kappa shape index (κ3) is 3.04. The number of aryl methyl sites for hydroxylation is 1. The number of carbonyl (C=O) groups is 1. The predicted octanol–water partition coefficient (Wildman–Crippen LogP) is 2.20. The van der Waals surface area contributed by atoms with Crippen molar-refractivity contribution in [3.8, 4) is 0 Å². The monoisotopic (exact) mass is 299 g/mol. The lowest BCUT2D eigenvalue weighted by Crippen LogP contribution is -2.23. The van der Waals surface area contributed by atoms with Crippen LogP contribution in [0.2, 0.25) is 0 Å². The average Bonchev–Trinajstić information content (AvgIpc) is 3.15. The van der Waals surface area contributed by atoms with E-state index in [9.17, 15) is 9.90 Å². The Morgan fingerprint density at radius 3 is 2.73 bits per heavy atom. The van der Waals surface area contributed by atoms with Gasteiger partial charge < -0.3 is 5.11 Å². The fraction of sp³-hybridized carbons (Fsp3) is 0.412. The molecular weight excluding hydrogens is 278 g/mol. The number of aliphatic carboxylic acids is 1. The summed E-state index contributed by atoms with van der Waals surface area (Å²) in [6.07, 6.45) is 3.90. The first-order chi connectivity index (χ1) is 10.7. The van der Waals surface area contributed by atoms with Gasteiger partial charge in [-0.2, -0.15) is 5.10 Å². The molecule has 1 N–H and O–H groups in total. The lowest BCUT2D eigenvalue weighted by atomic mass is 9.89. The molecular formula is C17H21N3O2. The molecule has 1 saturated heterocycles. The minimum atomic E-state index is -0.708. The summed E-state index contributed by atoms with van der Waals surface area (Å²) in [7, 11) is 0. The minimum absolute atomic E-state index is 0.0555. The van der Waals surface area contributed by atoms with Crippen molar-refractivity contribution in [1.82, 2.24) is 14.7 Å². The summed E-state index contributed by atoms with van der Waals surface area (Å²) in [5.41, 5.74) is 2.25. The van der Waals surface area contributed by atoms with E-state index in [1.165, 1.54) is 0 Å².